The molecule has 2 N–H and O–H groups in total. The molecule has 3 aromatic rings. The zero-order chi connectivity index (χ0) is 28.6. The number of carbonyl (C=O) groups excluding carboxylic acids is 1. The number of rotatable bonds is 8. The van der Waals surface area contributed by atoms with Crippen molar-refractivity contribution in [1.82, 2.24) is 19.5 Å². The number of nitrogens with one attached hydrogen (secondary N) is 2. The van der Waals surface area contributed by atoms with Crippen molar-refractivity contribution in [1.29, 1.82) is 0 Å². The summed E-state index contributed by atoms with van der Waals surface area (Å²) in [5, 5.41) is 5.45. The smallest absolute Gasteiger partial charge is 0.319 e. The topological polar surface area (TPSA) is 116 Å². The number of piperazine rings is 1. The fourth-order valence-corrected chi connectivity index (χ4v) is 6.79. The number of carbonyl (C=O) groups is 1. The SMILES string of the molecule is CS(=O)(=O)N1CCN(CC2C=NC(c3cc4nccc(Oc5ccc(NC(=O)NC6CC6)cc5F)c4s3)=CC2)CC1. The standard InChI is InChI=1S/C28H31FN6O4S2/c1-41(37,38)35-12-10-34(11-13-35)17-18-2-6-22(31-16-18)26-15-23-27(40-26)25(8-9-30-23)39-24-7-5-20(14-21(24)29)33-28(36)32-19-3-4-19/h5-9,14-16,18-19H,2-4,10-13,17H2,1H3,(H2,32,33,36). The quantitative estimate of drug-likeness (QED) is 0.394. The van der Waals surface area contributed by atoms with Gasteiger partial charge in [-0.25, -0.2) is 17.6 Å². The van der Waals surface area contributed by atoms with Gasteiger partial charge in [0.2, 0.25) is 10.0 Å². The molecule has 1 unspecified atom stereocenters. The number of urea groups is 1. The number of sulfonamides is 1. The average Bonchev–Trinajstić information content (AvgIpc) is 3.64. The van der Waals surface area contributed by atoms with E-state index in [2.05, 4.69) is 26.6 Å². The molecular formula is C28H31FN6O4S2. The number of allylic oxidation sites excluding steroid dienone is 1. The molecule has 2 aromatic heterocycles. The highest BCUT2D eigenvalue weighted by Crippen LogP contribution is 2.39. The largest absolute Gasteiger partial charge is 0.453 e. The summed E-state index contributed by atoms with van der Waals surface area (Å²) in [6.45, 7) is 3.31. The minimum Gasteiger partial charge on any atom is -0.453 e. The minimum absolute atomic E-state index is 0.0516. The molecule has 41 heavy (non-hydrogen) atoms. The van der Waals surface area contributed by atoms with Gasteiger partial charge in [-0.15, -0.1) is 11.3 Å². The van der Waals surface area contributed by atoms with Gasteiger partial charge >= 0.3 is 6.03 Å². The third kappa shape index (κ3) is 6.75. The van der Waals surface area contributed by atoms with E-state index in [-0.39, 0.29) is 23.7 Å². The van der Waals surface area contributed by atoms with E-state index in [1.165, 1.54) is 34.0 Å². The highest BCUT2D eigenvalue weighted by atomic mass is 32.2. The van der Waals surface area contributed by atoms with Gasteiger partial charge in [0.1, 0.15) is 5.75 Å². The molecule has 0 spiro atoms. The molecule has 1 aliphatic carbocycles. The van der Waals surface area contributed by atoms with Crippen LogP contribution < -0.4 is 15.4 Å². The van der Waals surface area contributed by atoms with Crippen molar-refractivity contribution < 1.29 is 22.3 Å². The number of nitrogens with zero attached hydrogens (tertiary/aromatic N) is 4. The first-order valence-electron chi connectivity index (χ1n) is 13.6. The third-order valence-electron chi connectivity index (χ3n) is 7.28. The number of aromatic nitrogens is 1. The highest BCUT2D eigenvalue weighted by Gasteiger charge is 2.26. The Morgan fingerprint density at radius 2 is 1.95 bits per heavy atom. The number of aliphatic imine (C=N–C) groups is 1. The Kier molecular flexibility index (Phi) is 7.77. The Hall–Kier alpha value is -3.39. The van der Waals surface area contributed by atoms with Crippen molar-refractivity contribution in [3.8, 4) is 11.5 Å². The lowest BCUT2D eigenvalue weighted by atomic mass is 10.0. The number of thiophene rings is 1. The lowest BCUT2D eigenvalue weighted by Crippen LogP contribution is -2.49. The molecule has 1 atom stereocenters. The predicted molar refractivity (Wildman–Crippen MR) is 159 cm³/mol. The number of benzene rings is 1. The molecule has 2 aliphatic heterocycles. The molecule has 6 rings (SSSR count). The molecular weight excluding hydrogens is 567 g/mol. The van der Waals surface area contributed by atoms with Crippen LogP contribution in [0.3, 0.4) is 0 Å². The van der Waals surface area contributed by atoms with E-state index in [9.17, 15) is 17.6 Å². The van der Waals surface area contributed by atoms with Gasteiger partial charge in [-0.3, -0.25) is 9.98 Å². The van der Waals surface area contributed by atoms with E-state index in [0.29, 0.717) is 37.6 Å². The molecule has 4 heterocycles. The normalized spacial score (nSPS) is 20.1. The molecule has 0 radical (unpaired) electrons. The second kappa shape index (κ2) is 11.5. The molecule has 216 valence electrons. The summed E-state index contributed by atoms with van der Waals surface area (Å²) in [4.78, 5) is 24.4. The van der Waals surface area contributed by atoms with E-state index in [4.69, 9.17) is 9.73 Å². The van der Waals surface area contributed by atoms with Crippen LogP contribution in [-0.4, -0.2) is 79.9 Å². The van der Waals surface area contributed by atoms with Gasteiger partial charge in [0.15, 0.2) is 11.6 Å². The van der Waals surface area contributed by atoms with Crippen LogP contribution in [0.1, 0.15) is 24.1 Å². The molecule has 10 nitrogen and oxygen atoms in total. The summed E-state index contributed by atoms with van der Waals surface area (Å²) in [7, 11) is -3.14. The average molecular weight is 599 g/mol. The first-order valence-corrected chi connectivity index (χ1v) is 16.2. The molecule has 2 amide bonds. The first-order chi connectivity index (χ1) is 19.7. The van der Waals surface area contributed by atoms with Crippen molar-refractivity contribution in [2.24, 2.45) is 10.9 Å². The van der Waals surface area contributed by atoms with E-state index in [0.717, 1.165) is 46.6 Å². The Morgan fingerprint density at radius 3 is 2.63 bits per heavy atom. The lowest BCUT2D eigenvalue weighted by Gasteiger charge is -2.34. The van der Waals surface area contributed by atoms with E-state index < -0.39 is 15.8 Å². The lowest BCUT2D eigenvalue weighted by molar-refractivity contribution is 0.178. The maximum atomic E-state index is 14.9. The van der Waals surface area contributed by atoms with Gasteiger partial charge in [-0.05, 0) is 37.5 Å². The third-order valence-corrected chi connectivity index (χ3v) is 9.75. The molecule has 0 bridgehead atoms. The van der Waals surface area contributed by atoms with Gasteiger partial charge < -0.3 is 20.3 Å². The van der Waals surface area contributed by atoms with Gasteiger partial charge in [0, 0.05) is 74.9 Å². The van der Waals surface area contributed by atoms with Crippen molar-refractivity contribution in [2.75, 3.05) is 44.3 Å². The van der Waals surface area contributed by atoms with Crippen molar-refractivity contribution in [2.45, 2.75) is 25.3 Å². The van der Waals surface area contributed by atoms with E-state index in [1.54, 1.807) is 18.3 Å². The fraction of sp³-hybridized carbons (Fsp3) is 0.393. The second-order valence-corrected chi connectivity index (χ2v) is 13.6. The van der Waals surface area contributed by atoms with Gasteiger partial charge in [0.05, 0.1) is 27.0 Å². The monoisotopic (exact) mass is 598 g/mol. The maximum Gasteiger partial charge on any atom is 0.319 e. The molecule has 1 saturated carbocycles. The Balaban J connectivity index is 1.09. The zero-order valence-electron chi connectivity index (χ0n) is 22.5. The minimum atomic E-state index is -3.14. The molecule has 1 saturated heterocycles. The second-order valence-electron chi connectivity index (χ2n) is 10.6. The number of hydrogen-bond acceptors (Lipinski definition) is 8. The maximum absolute atomic E-state index is 14.9. The number of anilines is 1. The molecule has 13 heteroatoms. The number of fused-ring (bicyclic) bond motifs is 1. The summed E-state index contributed by atoms with van der Waals surface area (Å²) in [5.41, 5.74) is 1.95. The van der Waals surface area contributed by atoms with Crippen LogP contribution in [0.5, 0.6) is 11.5 Å². The van der Waals surface area contributed by atoms with Crippen molar-refractivity contribution in [3.63, 3.8) is 0 Å². The zero-order valence-corrected chi connectivity index (χ0v) is 24.2. The van der Waals surface area contributed by atoms with Crippen LogP contribution in [0, 0.1) is 11.7 Å². The Morgan fingerprint density at radius 1 is 1.15 bits per heavy atom. The number of hydrogen-bond donors (Lipinski definition) is 2. The van der Waals surface area contributed by atoms with Crippen LogP contribution in [0.25, 0.3) is 15.9 Å². The molecule has 2 fully saturated rings. The Bertz CT molecular complexity index is 1630. The van der Waals surface area contributed by atoms with Crippen LogP contribution in [0.2, 0.25) is 0 Å². The van der Waals surface area contributed by atoms with Gasteiger partial charge in [-0.2, -0.15) is 4.31 Å². The van der Waals surface area contributed by atoms with E-state index in [1.807, 2.05) is 12.3 Å². The Labute approximate surface area is 242 Å². The number of ether oxygens (including phenoxy) is 1. The molecule has 1 aromatic carbocycles. The van der Waals surface area contributed by atoms with Crippen LogP contribution in [-0.2, 0) is 10.0 Å². The summed E-state index contributed by atoms with van der Waals surface area (Å²) in [6.07, 6.45) is 9.75. The van der Waals surface area contributed by atoms with Crippen molar-refractivity contribution in [3.05, 3.63) is 53.3 Å². The number of halogens is 1. The van der Waals surface area contributed by atoms with Gasteiger partial charge in [-0.1, -0.05) is 6.08 Å². The van der Waals surface area contributed by atoms with Gasteiger partial charge in [0.25, 0.3) is 0 Å². The van der Waals surface area contributed by atoms with Crippen molar-refractivity contribution >= 4 is 55.2 Å². The number of pyridine rings is 1. The highest BCUT2D eigenvalue weighted by molar-refractivity contribution is 7.88. The van der Waals surface area contributed by atoms with E-state index >= 15 is 0 Å². The predicted octanol–water partition coefficient (Wildman–Crippen LogP) is 4.52. The van der Waals surface area contributed by atoms with Crippen LogP contribution in [0.4, 0.5) is 14.9 Å². The summed E-state index contributed by atoms with van der Waals surface area (Å²) >= 11 is 1.49. The fourth-order valence-electron chi connectivity index (χ4n) is 4.91. The van der Waals surface area contributed by atoms with Crippen LogP contribution >= 0.6 is 11.3 Å². The summed E-state index contributed by atoms with van der Waals surface area (Å²) in [6, 6.07) is 7.87. The summed E-state index contributed by atoms with van der Waals surface area (Å²) in [5.74, 6) is 0.217. The summed E-state index contributed by atoms with van der Waals surface area (Å²) < 4.78 is 46.6. The van der Waals surface area contributed by atoms with Crippen LogP contribution in [0.15, 0.2) is 47.6 Å². The first kappa shape index (κ1) is 27.8. The number of amides is 2. The molecule has 3 aliphatic rings.